The highest BCUT2D eigenvalue weighted by atomic mass is 127. The first kappa shape index (κ1) is 26.2. The van der Waals surface area contributed by atoms with Crippen molar-refractivity contribution in [3.05, 3.63) is 34.9 Å². The molecule has 0 radical (unpaired) electrons. The van der Waals surface area contributed by atoms with Gasteiger partial charge in [0.1, 0.15) is 0 Å². The van der Waals surface area contributed by atoms with Crippen molar-refractivity contribution in [2.24, 2.45) is 10.9 Å². The lowest BCUT2D eigenvalue weighted by Crippen LogP contribution is -2.55. The van der Waals surface area contributed by atoms with E-state index in [1.807, 2.05) is 36.2 Å². The number of aliphatic imine (C=N–C) groups is 1. The first-order chi connectivity index (χ1) is 14.5. The Bertz CT molecular complexity index is 736. The number of amides is 1. The lowest BCUT2D eigenvalue weighted by atomic mass is 9.97. The Labute approximate surface area is 209 Å². The van der Waals surface area contributed by atoms with E-state index in [0.717, 1.165) is 50.8 Å². The summed E-state index contributed by atoms with van der Waals surface area (Å²) in [6.07, 6.45) is 2.96. The number of halogens is 2. The van der Waals surface area contributed by atoms with E-state index in [4.69, 9.17) is 11.6 Å². The second kappa shape index (κ2) is 12.8. The molecule has 1 N–H and O–H groups in total. The molecule has 2 aliphatic heterocycles. The summed E-state index contributed by atoms with van der Waals surface area (Å²) in [6.45, 7) is 11.0. The number of nitrogens with one attached hydrogen (secondary N) is 1. The van der Waals surface area contributed by atoms with Gasteiger partial charge in [-0.3, -0.25) is 9.79 Å². The Morgan fingerprint density at radius 2 is 1.90 bits per heavy atom. The van der Waals surface area contributed by atoms with Gasteiger partial charge in [0.25, 0.3) is 0 Å². The molecule has 1 aromatic rings. The molecule has 2 aliphatic rings. The number of nitrogens with zero attached hydrogens (tertiary/aromatic N) is 4. The fraction of sp³-hybridized carbons (Fsp3) is 0.652. The molecule has 2 fully saturated rings. The van der Waals surface area contributed by atoms with Crippen molar-refractivity contribution in [2.45, 2.75) is 39.2 Å². The third-order valence-electron chi connectivity index (χ3n) is 6.22. The number of piperazine rings is 1. The van der Waals surface area contributed by atoms with Gasteiger partial charge in [0.2, 0.25) is 5.91 Å². The van der Waals surface area contributed by atoms with E-state index in [0.29, 0.717) is 23.4 Å². The van der Waals surface area contributed by atoms with Crippen LogP contribution >= 0.6 is 35.6 Å². The van der Waals surface area contributed by atoms with Gasteiger partial charge in [-0.05, 0) is 56.8 Å². The fourth-order valence-corrected chi connectivity index (χ4v) is 4.61. The summed E-state index contributed by atoms with van der Waals surface area (Å²) < 4.78 is 0. The molecule has 0 bridgehead atoms. The standard InChI is InChI=1S/C23H36ClN5O.HI/c1-18(2)29-9-5-7-20(17-29)16-26-23(25-3)28-12-10-27(11-13-28)22(30)15-19-6-4-8-21(24)14-19;/h4,6,8,14,18,20H,5,7,9-13,15-17H2,1-3H3,(H,25,26);1H. The average molecular weight is 562 g/mol. The summed E-state index contributed by atoms with van der Waals surface area (Å²) in [5.41, 5.74) is 0.968. The third-order valence-corrected chi connectivity index (χ3v) is 6.45. The Hall–Kier alpha value is -1.06. The predicted octanol–water partition coefficient (Wildman–Crippen LogP) is 3.34. The van der Waals surface area contributed by atoms with Gasteiger partial charge in [-0.25, -0.2) is 0 Å². The van der Waals surface area contributed by atoms with E-state index >= 15 is 0 Å². The molecule has 2 heterocycles. The molecule has 0 saturated carbocycles. The van der Waals surface area contributed by atoms with Crippen molar-refractivity contribution >= 4 is 47.4 Å². The maximum atomic E-state index is 12.7. The largest absolute Gasteiger partial charge is 0.356 e. The number of rotatable bonds is 5. The molecule has 0 aromatic heterocycles. The fourth-order valence-electron chi connectivity index (χ4n) is 4.40. The van der Waals surface area contributed by atoms with Gasteiger partial charge >= 0.3 is 0 Å². The van der Waals surface area contributed by atoms with E-state index in [-0.39, 0.29) is 29.9 Å². The third kappa shape index (κ3) is 7.79. The highest BCUT2D eigenvalue weighted by molar-refractivity contribution is 14.0. The zero-order valence-electron chi connectivity index (χ0n) is 19.0. The lowest BCUT2D eigenvalue weighted by Gasteiger charge is -2.38. The van der Waals surface area contributed by atoms with Crippen molar-refractivity contribution in [1.82, 2.24) is 20.0 Å². The summed E-state index contributed by atoms with van der Waals surface area (Å²) in [4.78, 5) is 23.9. The van der Waals surface area contributed by atoms with Crippen molar-refractivity contribution in [1.29, 1.82) is 0 Å². The maximum Gasteiger partial charge on any atom is 0.227 e. The van der Waals surface area contributed by atoms with Crippen LogP contribution in [0.15, 0.2) is 29.3 Å². The molecule has 31 heavy (non-hydrogen) atoms. The van der Waals surface area contributed by atoms with E-state index in [2.05, 4.69) is 34.0 Å². The minimum atomic E-state index is 0. The van der Waals surface area contributed by atoms with Gasteiger partial charge in [-0.1, -0.05) is 23.7 Å². The molecule has 6 nitrogen and oxygen atoms in total. The van der Waals surface area contributed by atoms with E-state index in [1.165, 1.54) is 19.4 Å². The second-order valence-electron chi connectivity index (χ2n) is 8.70. The Morgan fingerprint density at radius 3 is 2.55 bits per heavy atom. The first-order valence-corrected chi connectivity index (χ1v) is 11.6. The highest BCUT2D eigenvalue weighted by Gasteiger charge is 2.25. The summed E-state index contributed by atoms with van der Waals surface area (Å²) in [5, 5.41) is 4.27. The lowest BCUT2D eigenvalue weighted by molar-refractivity contribution is -0.131. The van der Waals surface area contributed by atoms with Crippen LogP contribution in [0.4, 0.5) is 0 Å². The zero-order valence-corrected chi connectivity index (χ0v) is 22.1. The van der Waals surface area contributed by atoms with Crippen LogP contribution in [0.2, 0.25) is 5.02 Å². The number of carbonyl (C=O) groups excluding carboxylic acids is 1. The van der Waals surface area contributed by atoms with Crippen molar-refractivity contribution in [3.8, 4) is 0 Å². The van der Waals surface area contributed by atoms with E-state index in [9.17, 15) is 4.79 Å². The molecule has 8 heteroatoms. The zero-order chi connectivity index (χ0) is 21.5. The molecular formula is C23H37ClIN5O. The van der Waals surface area contributed by atoms with Crippen LogP contribution in [-0.4, -0.2) is 85.5 Å². The topological polar surface area (TPSA) is 51.2 Å². The molecule has 1 unspecified atom stereocenters. The van der Waals surface area contributed by atoms with Crippen LogP contribution in [0.3, 0.4) is 0 Å². The summed E-state index contributed by atoms with van der Waals surface area (Å²) in [7, 11) is 1.85. The van der Waals surface area contributed by atoms with Crippen LogP contribution in [0.5, 0.6) is 0 Å². The molecule has 3 rings (SSSR count). The van der Waals surface area contributed by atoms with Gasteiger partial charge < -0.3 is 20.0 Å². The maximum absolute atomic E-state index is 12.7. The molecule has 1 amide bonds. The normalized spacial score (nSPS) is 20.5. The summed E-state index contributed by atoms with van der Waals surface area (Å²) in [6, 6.07) is 8.17. The Morgan fingerprint density at radius 1 is 1.19 bits per heavy atom. The average Bonchev–Trinajstić information content (AvgIpc) is 2.75. The second-order valence-corrected chi connectivity index (χ2v) is 9.14. The van der Waals surface area contributed by atoms with E-state index < -0.39 is 0 Å². The molecular weight excluding hydrogens is 525 g/mol. The number of hydrogen-bond acceptors (Lipinski definition) is 3. The molecule has 2 saturated heterocycles. The van der Waals surface area contributed by atoms with E-state index in [1.54, 1.807) is 0 Å². The number of piperidine rings is 1. The minimum absolute atomic E-state index is 0. The van der Waals surface area contributed by atoms with Crippen LogP contribution in [0.25, 0.3) is 0 Å². The Kier molecular flexibility index (Phi) is 10.9. The minimum Gasteiger partial charge on any atom is -0.356 e. The number of carbonyl (C=O) groups is 1. The number of benzene rings is 1. The molecule has 0 spiro atoms. The van der Waals surface area contributed by atoms with Crippen molar-refractivity contribution in [2.75, 3.05) is 52.9 Å². The van der Waals surface area contributed by atoms with Crippen molar-refractivity contribution in [3.63, 3.8) is 0 Å². The summed E-state index contributed by atoms with van der Waals surface area (Å²) >= 11 is 6.04. The number of guanidine groups is 1. The predicted molar refractivity (Wildman–Crippen MR) is 140 cm³/mol. The SMILES string of the molecule is CN=C(NCC1CCCN(C(C)C)C1)N1CCN(C(=O)Cc2cccc(Cl)c2)CC1.I. The Balaban J connectivity index is 0.00000341. The van der Waals surface area contributed by atoms with Crippen LogP contribution in [-0.2, 0) is 11.2 Å². The molecule has 0 aliphatic carbocycles. The molecule has 174 valence electrons. The van der Waals surface area contributed by atoms with Gasteiger partial charge in [-0.15, -0.1) is 24.0 Å². The number of likely N-dealkylation sites (tertiary alicyclic amines) is 1. The quantitative estimate of drug-likeness (QED) is 0.340. The van der Waals surface area contributed by atoms with Gasteiger partial charge in [0, 0.05) is 57.4 Å². The van der Waals surface area contributed by atoms with Crippen molar-refractivity contribution < 1.29 is 4.79 Å². The smallest absolute Gasteiger partial charge is 0.227 e. The first-order valence-electron chi connectivity index (χ1n) is 11.2. The van der Waals surface area contributed by atoms with Crippen LogP contribution in [0.1, 0.15) is 32.3 Å². The summed E-state index contributed by atoms with van der Waals surface area (Å²) in [5.74, 6) is 1.79. The van der Waals surface area contributed by atoms with Gasteiger partial charge in [0.15, 0.2) is 5.96 Å². The van der Waals surface area contributed by atoms with Gasteiger partial charge in [-0.2, -0.15) is 0 Å². The van der Waals surface area contributed by atoms with Crippen LogP contribution < -0.4 is 5.32 Å². The van der Waals surface area contributed by atoms with Gasteiger partial charge in [0.05, 0.1) is 6.42 Å². The number of hydrogen-bond donors (Lipinski definition) is 1. The van der Waals surface area contributed by atoms with Crippen LogP contribution in [0, 0.1) is 5.92 Å². The highest BCUT2D eigenvalue weighted by Crippen LogP contribution is 2.18. The molecule has 1 atom stereocenters. The monoisotopic (exact) mass is 561 g/mol. The molecule has 1 aromatic carbocycles.